The fourth-order valence-electron chi connectivity index (χ4n) is 1.40. The van der Waals surface area contributed by atoms with Gasteiger partial charge < -0.3 is 14.3 Å². The Kier molecular flexibility index (Phi) is 7.84. The van der Waals surface area contributed by atoms with E-state index in [-0.39, 0.29) is 11.1 Å². The predicted molar refractivity (Wildman–Crippen MR) is 84.4 cm³/mol. The maximum absolute atomic E-state index is 9.65. The van der Waals surface area contributed by atoms with Gasteiger partial charge in [-0.3, -0.25) is 0 Å². The van der Waals surface area contributed by atoms with Gasteiger partial charge in [0.15, 0.2) is 8.32 Å². The fraction of sp³-hybridized carbons (Fsp3) is 0.857. The number of halogens is 1. The second-order valence-electron chi connectivity index (χ2n) is 6.34. The van der Waals surface area contributed by atoms with Crippen molar-refractivity contribution in [2.24, 2.45) is 0 Å². The van der Waals surface area contributed by atoms with Gasteiger partial charge in [-0.25, -0.2) is 0 Å². The summed E-state index contributed by atoms with van der Waals surface area (Å²) in [6, 6.07) is 0. The summed E-state index contributed by atoms with van der Waals surface area (Å²) in [6.07, 6.45) is 1.10. The zero-order valence-corrected chi connectivity index (χ0v) is 14.8. The summed E-state index contributed by atoms with van der Waals surface area (Å²) in [6.45, 7) is 15.2. The molecular formula is C14H29ClO3Si. The summed E-state index contributed by atoms with van der Waals surface area (Å²) < 4.78 is 11.4. The molecule has 0 amide bonds. The number of hydrogen-bond donors (Lipinski definition) is 1. The maximum atomic E-state index is 9.65. The molecule has 0 aromatic carbocycles. The van der Waals surface area contributed by atoms with E-state index in [9.17, 15) is 5.11 Å². The van der Waals surface area contributed by atoms with E-state index in [1.165, 1.54) is 6.08 Å². The molecule has 0 aliphatic heterocycles. The van der Waals surface area contributed by atoms with Gasteiger partial charge in [-0.05, 0) is 24.6 Å². The number of rotatable bonds is 8. The predicted octanol–water partition coefficient (Wildman–Crippen LogP) is 3.57. The zero-order valence-electron chi connectivity index (χ0n) is 13.1. The molecule has 0 bridgehead atoms. The van der Waals surface area contributed by atoms with E-state index in [0.717, 1.165) is 0 Å². The third-order valence-corrected chi connectivity index (χ3v) is 8.97. The molecular weight excluding hydrogens is 280 g/mol. The van der Waals surface area contributed by atoms with Crippen LogP contribution in [0.1, 0.15) is 27.2 Å². The van der Waals surface area contributed by atoms with Gasteiger partial charge in [0, 0.05) is 13.7 Å². The fourth-order valence-corrected chi connectivity index (χ4v) is 2.80. The summed E-state index contributed by atoms with van der Waals surface area (Å²) >= 11 is 6.15. The highest BCUT2D eigenvalue weighted by atomic mass is 35.5. The molecule has 3 atom stereocenters. The molecule has 0 radical (unpaired) electrons. The van der Waals surface area contributed by atoms with Crippen LogP contribution in [-0.2, 0) is 9.16 Å². The van der Waals surface area contributed by atoms with Crippen molar-refractivity contribution < 1.29 is 14.3 Å². The van der Waals surface area contributed by atoms with Gasteiger partial charge in [-0.2, -0.15) is 0 Å². The minimum absolute atomic E-state index is 0.191. The lowest BCUT2D eigenvalue weighted by Crippen LogP contribution is -2.42. The van der Waals surface area contributed by atoms with E-state index in [1.54, 1.807) is 7.11 Å². The van der Waals surface area contributed by atoms with Crippen molar-refractivity contribution in [3.05, 3.63) is 12.7 Å². The third kappa shape index (κ3) is 5.96. The molecule has 1 N–H and O–H groups in total. The average Bonchev–Trinajstić information content (AvgIpc) is 2.31. The van der Waals surface area contributed by atoms with Crippen molar-refractivity contribution in [1.29, 1.82) is 0 Å². The Morgan fingerprint density at radius 2 is 1.89 bits per heavy atom. The zero-order chi connectivity index (χ0) is 15.3. The normalized spacial score (nSPS) is 17.9. The van der Waals surface area contributed by atoms with Crippen molar-refractivity contribution in [1.82, 2.24) is 0 Å². The molecule has 0 spiro atoms. The number of aliphatic hydroxyl groups is 1. The van der Waals surface area contributed by atoms with Gasteiger partial charge in [-0.1, -0.05) is 26.8 Å². The number of hydrogen-bond acceptors (Lipinski definition) is 3. The average molecular weight is 309 g/mol. The number of aliphatic hydroxyl groups excluding tert-OH is 1. The molecule has 19 heavy (non-hydrogen) atoms. The molecule has 0 aromatic heterocycles. The van der Waals surface area contributed by atoms with Crippen LogP contribution in [0.25, 0.3) is 0 Å². The number of alkyl halides is 1. The van der Waals surface area contributed by atoms with Crippen LogP contribution in [0.4, 0.5) is 0 Å². The van der Waals surface area contributed by atoms with E-state index < -0.39 is 19.8 Å². The number of ether oxygens (including phenoxy) is 1. The van der Waals surface area contributed by atoms with Crippen LogP contribution < -0.4 is 0 Å². The molecule has 0 aliphatic rings. The van der Waals surface area contributed by atoms with Crippen molar-refractivity contribution in [2.75, 3.05) is 13.7 Å². The van der Waals surface area contributed by atoms with E-state index in [1.807, 2.05) is 0 Å². The van der Waals surface area contributed by atoms with Gasteiger partial charge in [0.05, 0.1) is 17.6 Å². The quantitative estimate of drug-likeness (QED) is 0.423. The summed E-state index contributed by atoms with van der Waals surface area (Å²) in [5, 5.41) is 9.35. The van der Waals surface area contributed by atoms with Crippen molar-refractivity contribution in [3.8, 4) is 0 Å². The molecule has 5 heteroatoms. The molecule has 0 aromatic rings. The van der Waals surface area contributed by atoms with E-state index >= 15 is 0 Å². The summed E-state index contributed by atoms with van der Waals surface area (Å²) in [5.74, 6) is 0. The lowest BCUT2D eigenvalue weighted by Gasteiger charge is -2.36. The van der Waals surface area contributed by atoms with Crippen molar-refractivity contribution >= 4 is 19.9 Å². The topological polar surface area (TPSA) is 38.7 Å². The maximum Gasteiger partial charge on any atom is 0.191 e. The summed E-state index contributed by atoms with van der Waals surface area (Å²) in [7, 11) is -0.137. The highest BCUT2D eigenvalue weighted by Crippen LogP contribution is 2.36. The lowest BCUT2D eigenvalue weighted by molar-refractivity contribution is 0.0478. The first-order valence-corrected chi connectivity index (χ1v) is 10.0. The van der Waals surface area contributed by atoms with Crippen LogP contribution in [0.2, 0.25) is 18.1 Å². The first-order valence-electron chi connectivity index (χ1n) is 6.68. The smallest absolute Gasteiger partial charge is 0.191 e. The monoisotopic (exact) mass is 308 g/mol. The largest absolute Gasteiger partial charge is 0.417 e. The van der Waals surface area contributed by atoms with E-state index in [2.05, 4.69) is 40.4 Å². The van der Waals surface area contributed by atoms with Crippen LogP contribution in [0.5, 0.6) is 0 Å². The van der Waals surface area contributed by atoms with Gasteiger partial charge >= 0.3 is 0 Å². The Hall–Kier alpha value is 0.127. The Morgan fingerprint density at radius 1 is 1.37 bits per heavy atom. The highest BCUT2D eigenvalue weighted by Gasteiger charge is 2.37. The van der Waals surface area contributed by atoms with Gasteiger partial charge in [0.25, 0.3) is 0 Å². The van der Waals surface area contributed by atoms with E-state index in [4.69, 9.17) is 20.8 Å². The molecule has 0 aliphatic carbocycles. The molecule has 0 saturated heterocycles. The third-order valence-electron chi connectivity index (χ3n) is 3.90. The Balaban J connectivity index is 4.35. The second kappa shape index (κ2) is 7.79. The summed E-state index contributed by atoms with van der Waals surface area (Å²) in [5.41, 5.74) is 0. The van der Waals surface area contributed by atoms with Crippen LogP contribution in [0.3, 0.4) is 0 Å². The molecule has 0 heterocycles. The first-order chi connectivity index (χ1) is 8.56. The highest BCUT2D eigenvalue weighted by molar-refractivity contribution is 6.74. The van der Waals surface area contributed by atoms with Gasteiger partial charge in [0.1, 0.15) is 0 Å². The molecule has 114 valence electrons. The molecule has 0 fully saturated rings. The molecule has 0 unspecified atom stereocenters. The Bertz CT molecular complexity index is 276. The van der Waals surface area contributed by atoms with Crippen LogP contribution in [-0.4, -0.2) is 44.7 Å². The van der Waals surface area contributed by atoms with E-state index in [0.29, 0.717) is 13.0 Å². The molecule has 0 rings (SSSR count). The Morgan fingerprint density at radius 3 is 2.26 bits per heavy atom. The lowest BCUT2D eigenvalue weighted by atomic mass is 10.1. The van der Waals surface area contributed by atoms with Crippen LogP contribution >= 0.6 is 11.6 Å². The second-order valence-corrected chi connectivity index (χ2v) is 11.7. The van der Waals surface area contributed by atoms with Gasteiger partial charge in [0.2, 0.25) is 0 Å². The van der Waals surface area contributed by atoms with Crippen LogP contribution in [0, 0.1) is 0 Å². The van der Waals surface area contributed by atoms with Crippen molar-refractivity contribution in [3.63, 3.8) is 0 Å². The van der Waals surface area contributed by atoms with Crippen LogP contribution in [0.15, 0.2) is 12.7 Å². The molecule has 0 saturated carbocycles. The van der Waals surface area contributed by atoms with Gasteiger partial charge in [-0.15, -0.1) is 18.2 Å². The van der Waals surface area contributed by atoms with Crippen molar-refractivity contribution in [2.45, 2.75) is 62.9 Å². The Labute approximate surface area is 124 Å². The minimum atomic E-state index is -1.74. The minimum Gasteiger partial charge on any atom is -0.417 e. The molecule has 3 nitrogen and oxygen atoms in total. The summed E-state index contributed by atoms with van der Waals surface area (Å²) in [4.78, 5) is 0. The first kappa shape index (κ1) is 19.1. The SMILES string of the molecule is C=C[C@@H](O)[C@@H](Cl)[C@@H](CCO[Si](C)(C)C(C)(C)C)OC. The number of methoxy groups -OCH3 is 1. The standard InChI is InChI=1S/C14H29ClO3Si/c1-8-11(16)13(15)12(17-5)9-10-18-19(6,7)14(2,3)4/h8,11-13,16H,1,9-10H2,2-7H3/t11-,12-,13-/m1/s1.